The van der Waals surface area contributed by atoms with Crippen LogP contribution >= 0.6 is 57.4 Å². The van der Waals surface area contributed by atoms with E-state index in [-0.39, 0.29) is 27.0 Å². The summed E-state index contributed by atoms with van der Waals surface area (Å²) in [7, 11) is -2.58. The minimum Gasteiger partial charge on any atom is -0.469 e. The molecule has 0 spiro atoms. The van der Waals surface area contributed by atoms with Gasteiger partial charge in [-0.2, -0.15) is 0 Å². The minimum atomic E-state index is -2.58. The van der Waals surface area contributed by atoms with Crippen LogP contribution in [0.25, 0.3) is 0 Å². The van der Waals surface area contributed by atoms with E-state index in [9.17, 15) is 0 Å². The first-order valence-electron chi connectivity index (χ1n) is 13.3. The van der Waals surface area contributed by atoms with Crippen LogP contribution in [-0.4, -0.2) is 59.2 Å². The Morgan fingerprint density at radius 1 is 1.03 bits per heavy atom. The lowest BCUT2D eigenvalue weighted by molar-refractivity contribution is -0.149. The Bertz CT molecular complexity index is 1090. The van der Waals surface area contributed by atoms with Crippen molar-refractivity contribution in [2.45, 2.75) is 84.3 Å². The van der Waals surface area contributed by atoms with Gasteiger partial charge in [0, 0.05) is 10.5 Å². The molecule has 5 nitrogen and oxygen atoms in total. The van der Waals surface area contributed by atoms with E-state index in [0.29, 0.717) is 13.2 Å². The van der Waals surface area contributed by atoms with Crippen molar-refractivity contribution in [2.24, 2.45) is 4.99 Å². The summed E-state index contributed by atoms with van der Waals surface area (Å²) in [6.07, 6.45) is 1.02. The number of hydrogen-bond donors (Lipinski definition) is 0. The molecule has 4 atom stereocenters. The van der Waals surface area contributed by atoms with Crippen LogP contribution in [0, 0.1) is 0 Å². The molecule has 214 valence electrons. The number of nitrogens with zero attached hydrogens (tertiary/aromatic N) is 1. The zero-order chi connectivity index (χ0) is 28.5. The molecule has 39 heavy (non-hydrogen) atoms. The Hall–Kier alpha value is -0.393. The topological polar surface area (TPSA) is 49.3 Å². The highest BCUT2D eigenvalue weighted by molar-refractivity contribution is 14.1. The first-order chi connectivity index (χ1) is 18.2. The maximum Gasteiger partial charge on any atom is 0.266 e. The van der Waals surface area contributed by atoms with E-state index in [2.05, 4.69) is 104 Å². The molecule has 2 aromatic rings. The molecule has 0 saturated carbocycles. The first kappa shape index (κ1) is 31.5. The van der Waals surface area contributed by atoms with Crippen molar-refractivity contribution in [1.29, 1.82) is 0 Å². The van der Waals surface area contributed by atoms with Crippen LogP contribution in [-0.2, 0) is 18.6 Å². The number of ether oxygens (including phenoxy) is 3. The number of halogens is 4. The molecule has 0 amide bonds. The molecule has 0 unspecified atom stereocenters. The molecule has 1 fully saturated rings. The van der Waals surface area contributed by atoms with Crippen molar-refractivity contribution in [3.05, 3.63) is 60.7 Å². The lowest BCUT2D eigenvalue weighted by atomic mass is 10.0. The zero-order valence-electron chi connectivity index (χ0n) is 23.0. The summed E-state index contributed by atoms with van der Waals surface area (Å²) in [4.78, 5) is 4.72. The van der Waals surface area contributed by atoms with E-state index in [4.69, 9.17) is 58.4 Å². The predicted octanol–water partition coefficient (Wildman–Crippen LogP) is 6.83. The van der Waals surface area contributed by atoms with Gasteiger partial charge in [0.05, 0.1) is 6.61 Å². The summed E-state index contributed by atoms with van der Waals surface area (Å²) in [6.45, 7) is 11.7. The maximum atomic E-state index is 7.07. The summed E-state index contributed by atoms with van der Waals surface area (Å²) in [5, 5.41) is 2.48. The van der Waals surface area contributed by atoms with E-state index in [0.717, 1.165) is 12.8 Å². The second kappa shape index (κ2) is 12.5. The highest BCUT2D eigenvalue weighted by atomic mass is 127. The Morgan fingerprint density at radius 2 is 1.59 bits per heavy atom. The van der Waals surface area contributed by atoms with Crippen LogP contribution in [0.4, 0.5) is 0 Å². The fraction of sp³-hybridized carbons (Fsp3) is 0.552. The molecule has 0 aromatic heterocycles. The highest BCUT2D eigenvalue weighted by Gasteiger charge is 2.51. The van der Waals surface area contributed by atoms with E-state index in [1.165, 1.54) is 10.4 Å². The van der Waals surface area contributed by atoms with Gasteiger partial charge in [0.2, 0.25) is 5.90 Å². The average molecular weight is 725 g/mol. The van der Waals surface area contributed by atoms with Crippen molar-refractivity contribution < 1.29 is 18.6 Å². The molecular weight excluding hydrogens is 688 g/mol. The van der Waals surface area contributed by atoms with Gasteiger partial charge in [-0.1, -0.05) is 139 Å². The monoisotopic (exact) mass is 723 g/mol. The Labute approximate surface area is 262 Å². The molecule has 0 aliphatic carbocycles. The van der Waals surface area contributed by atoms with Crippen LogP contribution in [0.1, 0.15) is 47.5 Å². The average Bonchev–Trinajstić information content (AvgIpc) is 3.48. The molecule has 2 aromatic carbocycles. The van der Waals surface area contributed by atoms with Crippen LogP contribution in [0.3, 0.4) is 0 Å². The van der Waals surface area contributed by atoms with E-state index in [1.807, 2.05) is 13.8 Å². The second-order valence-electron chi connectivity index (χ2n) is 11.5. The molecule has 2 aliphatic rings. The normalized spacial score (nSPS) is 24.3. The third-order valence-corrected chi connectivity index (χ3v) is 14.1. The van der Waals surface area contributed by atoms with Crippen molar-refractivity contribution in [1.82, 2.24) is 0 Å². The number of alkyl halides is 4. The summed E-state index contributed by atoms with van der Waals surface area (Å²) >= 11 is 20.9. The zero-order valence-corrected chi connectivity index (χ0v) is 28.4. The third-order valence-electron chi connectivity index (χ3n) is 7.22. The second-order valence-corrected chi connectivity index (χ2v) is 19.7. The Morgan fingerprint density at radius 3 is 2.05 bits per heavy atom. The molecule has 2 heterocycles. The van der Waals surface area contributed by atoms with E-state index < -0.39 is 24.0 Å². The number of aliphatic imine (C=N–C) groups is 1. The largest absolute Gasteiger partial charge is 0.469 e. The highest BCUT2D eigenvalue weighted by Crippen LogP contribution is 2.40. The van der Waals surface area contributed by atoms with Gasteiger partial charge < -0.3 is 18.6 Å². The number of rotatable bonds is 9. The van der Waals surface area contributed by atoms with Crippen molar-refractivity contribution in [3.8, 4) is 0 Å². The Balaban J connectivity index is 1.50. The van der Waals surface area contributed by atoms with Crippen molar-refractivity contribution >= 4 is 82.0 Å². The van der Waals surface area contributed by atoms with Gasteiger partial charge in [-0.15, -0.1) is 0 Å². The minimum absolute atomic E-state index is 0.0694. The first-order valence-corrected chi connectivity index (χ1v) is 17.6. The summed E-state index contributed by atoms with van der Waals surface area (Å²) in [5.41, 5.74) is 0. The molecule has 10 heteroatoms. The fourth-order valence-corrected chi connectivity index (χ4v) is 11.4. The predicted molar refractivity (Wildman–Crippen MR) is 172 cm³/mol. The molecule has 0 radical (unpaired) electrons. The van der Waals surface area contributed by atoms with Gasteiger partial charge in [0.1, 0.15) is 12.1 Å². The molecule has 2 aliphatic heterocycles. The lowest BCUT2D eigenvalue weighted by Gasteiger charge is -2.43. The molecule has 1 saturated heterocycles. The smallest absolute Gasteiger partial charge is 0.266 e. The van der Waals surface area contributed by atoms with E-state index >= 15 is 0 Å². The molecule has 0 N–H and O–H groups in total. The van der Waals surface area contributed by atoms with Gasteiger partial charge in [-0.25, -0.2) is 4.99 Å². The van der Waals surface area contributed by atoms with Gasteiger partial charge >= 0.3 is 0 Å². The van der Waals surface area contributed by atoms with Gasteiger partial charge in [-0.05, 0) is 42.1 Å². The fourth-order valence-electron chi connectivity index (χ4n) is 5.47. The summed E-state index contributed by atoms with van der Waals surface area (Å²) < 4.78 is 23.4. The standard InChI is InChI=1S/C29H37Cl3INO4Si/c1-27(2,3)39(20-13-8-6-9-14-20,21-15-10-7-11-16-21)36-18-12-17-22(33)24-25(23-19-35-28(4,5)38-23)37-26(34-24)29(30,31)32/h6-11,13-16,22-25H,12,17-19H2,1-5H3/t22-,23+,24+,25+/m0/s1. The van der Waals surface area contributed by atoms with Gasteiger partial charge in [0.25, 0.3) is 12.1 Å². The van der Waals surface area contributed by atoms with Crippen LogP contribution in [0.2, 0.25) is 5.04 Å². The van der Waals surface area contributed by atoms with Crippen LogP contribution in [0.5, 0.6) is 0 Å². The van der Waals surface area contributed by atoms with Crippen LogP contribution < -0.4 is 10.4 Å². The third kappa shape index (κ3) is 7.16. The maximum absolute atomic E-state index is 7.07. The van der Waals surface area contributed by atoms with Crippen molar-refractivity contribution in [3.63, 3.8) is 0 Å². The quantitative estimate of drug-likeness (QED) is 0.123. The Kier molecular flexibility index (Phi) is 10.1. The summed E-state index contributed by atoms with van der Waals surface area (Å²) in [5.74, 6) is -0.577. The lowest BCUT2D eigenvalue weighted by Crippen LogP contribution is -2.66. The van der Waals surface area contributed by atoms with Crippen molar-refractivity contribution in [2.75, 3.05) is 13.2 Å². The summed E-state index contributed by atoms with van der Waals surface area (Å²) in [6, 6.07) is 21.2. The van der Waals surface area contributed by atoms with Gasteiger partial charge in [0.15, 0.2) is 11.9 Å². The number of benzene rings is 2. The van der Waals surface area contributed by atoms with E-state index in [1.54, 1.807) is 0 Å². The van der Waals surface area contributed by atoms with Gasteiger partial charge in [-0.3, -0.25) is 0 Å². The molecule has 4 rings (SSSR count). The molecular formula is C29H37Cl3INO4Si. The van der Waals surface area contributed by atoms with Crippen LogP contribution in [0.15, 0.2) is 65.7 Å². The SMILES string of the molecule is CC1(C)OC[C@H]([C@H]2OC(C(Cl)(Cl)Cl)=N[C@@H]2[C@@H](I)CCCO[Si](c2ccccc2)(c2ccccc2)C(C)(C)C)O1. The molecule has 0 bridgehead atoms. The number of hydrogen-bond acceptors (Lipinski definition) is 5.